The zero-order chi connectivity index (χ0) is 19.5. The first-order valence-electron chi connectivity index (χ1n) is 9.56. The van der Waals surface area contributed by atoms with Crippen LogP contribution in [0.25, 0.3) is 0 Å². The summed E-state index contributed by atoms with van der Waals surface area (Å²) < 4.78 is 5.77. The molecule has 0 radical (unpaired) electrons. The molecule has 0 aliphatic carbocycles. The third-order valence-electron chi connectivity index (χ3n) is 4.99. The van der Waals surface area contributed by atoms with E-state index in [9.17, 15) is 0 Å². The highest BCUT2D eigenvalue weighted by molar-refractivity contribution is 6.30. The Labute approximate surface area is 169 Å². The highest BCUT2D eigenvalue weighted by Gasteiger charge is 2.27. The van der Waals surface area contributed by atoms with E-state index in [1.807, 2.05) is 38.1 Å². The Kier molecular flexibility index (Phi) is 5.48. The molecule has 1 atom stereocenters. The van der Waals surface area contributed by atoms with E-state index >= 15 is 0 Å². The predicted octanol–water partition coefficient (Wildman–Crippen LogP) is 4.09. The lowest BCUT2D eigenvalue weighted by molar-refractivity contribution is 0.320. The number of hydrogen-bond donors (Lipinski definition) is 1. The molecule has 1 aliphatic rings. The third kappa shape index (κ3) is 4.44. The minimum atomic E-state index is 0.415. The van der Waals surface area contributed by atoms with Crippen LogP contribution in [0.4, 0.5) is 5.82 Å². The number of halogens is 1. The Morgan fingerprint density at radius 3 is 2.79 bits per heavy atom. The predicted molar refractivity (Wildman–Crippen MR) is 110 cm³/mol. The quantitative estimate of drug-likeness (QED) is 0.678. The molecule has 1 fully saturated rings. The summed E-state index contributed by atoms with van der Waals surface area (Å²) in [6.07, 6.45) is 1.87. The number of aromatic amines is 1. The highest BCUT2D eigenvalue weighted by Crippen LogP contribution is 2.29. The van der Waals surface area contributed by atoms with Crippen molar-refractivity contribution in [2.24, 2.45) is 0 Å². The third-order valence-corrected chi connectivity index (χ3v) is 5.24. The van der Waals surface area contributed by atoms with Crippen LogP contribution in [0, 0.1) is 13.8 Å². The number of benzene rings is 1. The summed E-state index contributed by atoms with van der Waals surface area (Å²) in [7, 11) is 0. The number of aromatic nitrogens is 4. The average molecular weight is 398 g/mol. The van der Waals surface area contributed by atoms with Crippen molar-refractivity contribution < 1.29 is 4.74 Å². The Balaban J connectivity index is 1.32. The van der Waals surface area contributed by atoms with Crippen molar-refractivity contribution in [3.63, 3.8) is 0 Å². The summed E-state index contributed by atoms with van der Waals surface area (Å²) in [5.74, 6) is 3.07. The van der Waals surface area contributed by atoms with Crippen molar-refractivity contribution >= 4 is 17.4 Å². The van der Waals surface area contributed by atoms with E-state index in [4.69, 9.17) is 16.3 Å². The minimum absolute atomic E-state index is 0.415. The molecule has 0 unspecified atom stereocenters. The first-order chi connectivity index (χ1) is 13.6. The van der Waals surface area contributed by atoms with Crippen LogP contribution in [0.3, 0.4) is 0 Å². The van der Waals surface area contributed by atoms with E-state index < -0.39 is 0 Å². The maximum Gasteiger partial charge on any atom is 0.132 e. The van der Waals surface area contributed by atoms with E-state index in [2.05, 4.69) is 37.2 Å². The largest absolute Gasteiger partial charge is 0.493 e. The minimum Gasteiger partial charge on any atom is -0.493 e. The van der Waals surface area contributed by atoms with Crippen LogP contribution in [0.2, 0.25) is 5.02 Å². The zero-order valence-corrected chi connectivity index (χ0v) is 16.9. The molecule has 6 nitrogen and oxygen atoms in total. The van der Waals surface area contributed by atoms with Crippen LogP contribution >= 0.6 is 11.6 Å². The van der Waals surface area contributed by atoms with Gasteiger partial charge in [0.25, 0.3) is 0 Å². The topological polar surface area (TPSA) is 66.9 Å². The molecule has 0 bridgehead atoms. The number of rotatable bonds is 6. The van der Waals surface area contributed by atoms with Gasteiger partial charge in [0.2, 0.25) is 0 Å². The SMILES string of the molecule is Cc1cc(N2CC[C@@H](c3cc(CCOc4ccc(Cl)cc4)[nH]n3)C2)nc(C)n1. The number of nitrogens with zero attached hydrogens (tertiary/aromatic N) is 4. The first-order valence-corrected chi connectivity index (χ1v) is 9.94. The second-order valence-corrected chi connectivity index (χ2v) is 7.65. The fourth-order valence-electron chi connectivity index (χ4n) is 3.60. The van der Waals surface area contributed by atoms with Gasteiger partial charge in [-0.1, -0.05) is 11.6 Å². The van der Waals surface area contributed by atoms with Crippen molar-refractivity contribution in [1.82, 2.24) is 20.2 Å². The van der Waals surface area contributed by atoms with E-state index in [-0.39, 0.29) is 0 Å². The summed E-state index contributed by atoms with van der Waals surface area (Å²) in [5.41, 5.74) is 3.22. The fourth-order valence-corrected chi connectivity index (χ4v) is 3.72. The molecule has 0 amide bonds. The molecular weight excluding hydrogens is 374 g/mol. The van der Waals surface area contributed by atoms with Crippen LogP contribution in [0.1, 0.15) is 35.2 Å². The second-order valence-electron chi connectivity index (χ2n) is 7.22. The number of hydrogen-bond acceptors (Lipinski definition) is 5. The van der Waals surface area contributed by atoms with Gasteiger partial charge < -0.3 is 9.64 Å². The van der Waals surface area contributed by atoms with Crippen LogP contribution < -0.4 is 9.64 Å². The van der Waals surface area contributed by atoms with Crippen molar-refractivity contribution in [2.45, 2.75) is 32.6 Å². The van der Waals surface area contributed by atoms with Gasteiger partial charge in [-0.3, -0.25) is 5.10 Å². The van der Waals surface area contributed by atoms with Crippen LogP contribution in [0.5, 0.6) is 5.75 Å². The van der Waals surface area contributed by atoms with Gasteiger partial charge in [-0.2, -0.15) is 5.10 Å². The fraction of sp³-hybridized carbons (Fsp3) is 0.381. The molecule has 3 heterocycles. The standard InChI is InChI=1S/C21H24ClN5O/c1-14-11-21(24-15(2)23-14)27-9-7-16(13-27)20-12-18(25-26-20)8-10-28-19-5-3-17(22)4-6-19/h3-6,11-12,16H,7-10,13H2,1-2H3,(H,25,26)/t16-/m1/s1. The van der Waals surface area contributed by atoms with E-state index in [1.54, 1.807) is 0 Å². The Morgan fingerprint density at radius 2 is 2.00 bits per heavy atom. The molecule has 1 N–H and O–H groups in total. The molecule has 0 saturated carbocycles. The number of aryl methyl sites for hydroxylation is 2. The van der Waals surface area contributed by atoms with Gasteiger partial charge in [-0.25, -0.2) is 9.97 Å². The van der Waals surface area contributed by atoms with Crippen molar-refractivity contribution in [1.29, 1.82) is 0 Å². The van der Waals surface area contributed by atoms with Gasteiger partial charge in [0.1, 0.15) is 17.4 Å². The number of nitrogens with one attached hydrogen (secondary N) is 1. The van der Waals surface area contributed by atoms with Gasteiger partial charge in [-0.15, -0.1) is 0 Å². The summed E-state index contributed by atoms with van der Waals surface area (Å²) >= 11 is 5.89. The van der Waals surface area contributed by atoms with Crippen molar-refractivity contribution in [2.75, 3.05) is 24.6 Å². The molecule has 7 heteroatoms. The summed E-state index contributed by atoms with van der Waals surface area (Å²) in [5, 5.41) is 8.41. The second kappa shape index (κ2) is 8.19. The van der Waals surface area contributed by atoms with Crippen molar-refractivity contribution in [3.8, 4) is 5.75 Å². The average Bonchev–Trinajstić information content (AvgIpc) is 3.32. The maximum atomic E-state index is 5.89. The normalized spacial score (nSPS) is 16.5. The highest BCUT2D eigenvalue weighted by atomic mass is 35.5. The van der Waals surface area contributed by atoms with E-state index in [0.29, 0.717) is 17.5 Å². The van der Waals surface area contributed by atoms with Gasteiger partial charge >= 0.3 is 0 Å². The number of anilines is 1. The molecule has 1 saturated heterocycles. The number of ether oxygens (including phenoxy) is 1. The molecule has 0 spiro atoms. The number of H-pyrrole nitrogens is 1. The lowest BCUT2D eigenvalue weighted by Gasteiger charge is -2.17. The Bertz CT molecular complexity index is 920. The smallest absolute Gasteiger partial charge is 0.132 e. The van der Waals surface area contributed by atoms with E-state index in [1.165, 1.54) is 0 Å². The molecule has 146 valence electrons. The molecule has 28 heavy (non-hydrogen) atoms. The Hall–Kier alpha value is -2.60. The van der Waals surface area contributed by atoms with Crippen LogP contribution in [-0.4, -0.2) is 39.9 Å². The summed E-state index contributed by atoms with van der Waals surface area (Å²) in [6, 6.07) is 11.6. The first kappa shape index (κ1) is 18.7. The molecule has 2 aromatic heterocycles. The molecule has 1 aliphatic heterocycles. The van der Waals surface area contributed by atoms with Crippen LogP contribution in [0.15, 0.2) is 36.4 Å². The maximum absolute atomic E-state index is 5.89. The van der Waals surface area contributed by atoms with Crippen molar-refractivity contribution in [3.05, 3.63) is 64.3 Å². The lowest BCUT2D eigenvalue weighted by atomic mass is 10.0. The summed E-state index contributed by atoms with van der Waals surface area (Å²) in [6.45, 7) is 6.47. The van der Waals surface area contributed by atoms with E-state index in [0.717, 1.165) is 60.4 Å². The monoisotopic (exact) mass is 397 g/mol. The molecule has 4 rings (SSSR count). The van der Waals surface area contributed by atoms with Gasteiger partial charge in [0.05, 0.1) is 12.3 Å². The molecule has 1 aromatic carbocycles. The lowest BCUT2D eigenvalue weighted by Crippen LogP contribution is -2.21. The van der Waals surface area contributed by atoms with Crippen LogP contribution in [-0.2, 0) is 6.42 Å². The molecule has 3 aromatic rings. The zero-order valence-electron chi connectivity index (χ0n) is 16.2. The summed E-state index contributed by atoms with van der Waals surface area (Å²) in [4.78, 5) is 11.3. The van der Waals surface area contributed by atoms with Gasteiger partial charge in [0.15, 0.2) is 0 Å². The van der Waals surface area contributed by atoms with Gasteiger partial charge in [0, 0.05) is 47.9 Å². The molecular formula is C21H24ClN5O. The van der Waals surface area contributed by atoms with Gasteiger partial charge in [-0.05, 0) is 50.6 Å². The Morgan fingerprint density at radius 1 is 1.18 bits per heavy atom.